The summed E-state index contributed by atoms with van der Waals surface area (Å²) in [6.07, 6.45) is 0.345. The van der Waals surface area contributed by atoms with Gasteiger partial charge in [-0.2, -0.15) is 0 Å². The van der Waals surface area contributed by atoms with Crippen LogP contribution >= 0.6 is 0 Å². The van der Waals surface area contributed by atoms with Crippen molar-refractivity contribution >= 4 is 11.9 Å². The van der Waals surface area contributed by atoms with Gasteiger partial charge in [0.2, 0.25) is 5.91 Å². The van der Waals surface area contributed by atoms with Crippen molar-refractivity contribution < 1.29 is 23.8 Å². The highest BCUT2D eigenvalue weighted by molar-refractivity contribution is 5.78. The quantitative estimate of drug-likeness (QED) is 0.786. The number of halogens is 1. The van der Waals surface area contributed by atoms with Gasteiger partial charge in [-0.25, -0.2) is 9.18 Å². The second-order valence-corrected chi connectivity index (χ2v) is 6.22. The van der Waals surface area contributed by atoms with Crippen LogP contribution in [0.25, 0.3) is 0 Å². The third-order valence-corrected chi connectivity index (χ3v) is 3.99. The summed E-state index contributed by atoms with van der Waals surface area (Å²) >= 11 is 0. The Balaban J connectivity index is 1.91. The zero-order chi connectivity index (χ0) is 19.1. The fraction of sp³-hybridized carbons (Fsp3) is 0.300. The minimum Gasteiger partial charge on any atom is -0.482 e. The van der Waals surface area contributed by atoms with Gasteiger partial charge in [0, 0.05) is 19.5 Å². The smallest absolute Gasteiger partial charge is 0.341 e. The number of carboxylic acid groups (broad SMARTS) is 1. The Hall–Kier alpha value is -2.89. The van der Waals surface area contributed by atoms with E-state index in [1.807, 2.05) is 0 Å². The second kappa shape index (κ2) is 8.99. The molecular formula is C20H22FNO4. The van der Waals surface area contributed by atoms with Crippen molar-refractivity contribution in [3.63, 3.8) is 0 Å². The summed E-state index contributed by atoms with van der Waals surface area (Å²) in [5, 5.41) is 8.59. The molecule has 0 radical (unpaired) electrons. The summed E-state index contributed by atoms with van der Waals surface area (Å²) in [5.74, 6) is -1.29. The van der Waals surface area contributed by atoms with E-state index < -0.39 is 12.6 Å². The van der Waals surface area contributed by atoms with E-state index in [2.05, 4.69) is 0 Å². The molecule has 1 atom stereocenters. The lowest BCUT2D eigenvalue weighted by Gasteiger charge is -2.22. The standard InChI is InChI=1S/C20H22FNO4/c1-14(11-16-5-3-4-6-18(16)21)20(25)22(2)12-15-7-9-17(10-8-15)26-13-19(23)24/h3-10,14H,11-13H2,1-2H3,(H,23,24). The van der Waals surface area contributed by atoms with Gasteiger partial charge in [-0.15, -0.1) is 0 Å². The molecule has 0 heterocycles. The van der Waals surface area contributed by atoms with Gasteiger partial charge in [0.1, 0.15) is 11.6 Å². The van der Waals surface area contributed by atoms with E-state index in [0.717, 1.165) is 5.56 Å². The van der Waals surface area contributed by atoms with E-state index >= 15 is 0 Å². The zero-order valence-electron chi connectivity index (χ0n) is 14.8. The number of nitrogens with zero attached hydrogens (tertiary/aromatic N) is 1. The van der Waals surface area contributed by atoms with Gasteiger partial charge in [-0.1, -0.05) is 37.3 Å². The molecule has 0 bridgehead atoms. The molecule has 0 saturated carbocycles. The van der Waals surface area contributed by atoms with Crippen molar-refractivity contribution in [2.45, 2.75) is 19.9 Å². The molecule has 0 aliphatic rings. The average molecular weight is 359 g/mol. The first-order valence-electron chi connectivity index (χ1n) is 8.28. The van der Waals surface area contributed by atoms with Crippen LogP contribution in [0.2, 0.25) is 0 Å². The number of carbonyl (C=O) groups excluding carboxylic acids is 1. The molecule has 5 nitrogen and oxygen atoms in total. The maximum absolute atomic E-state index is 13.7. The van der Waals surface area contributed by atoms with E-state index in [0.29, 0.717) is 24.3 Å². The molecule has 0 aliphatic carbocycles. The normalized spacial score (nSPS) is 11.7. The van der Waals surface area contributed by atoms with Crippen LogP contribution < -0.4 is 4.74 Å². The lowest BCUT2D eigenvalue weighted by Crippen LogP contribution is -2.32. The molecule has 0 aromatic heterocycles. The maximum Gasteiger partial charge on any atom is 0.341 e. The second-order valence-electron chi connectivity index (χ2n) is 6.22. The summed E-state index contributed by atoms with van der Waals surface area (Å²) in [5.41, 5.74) is 1.42. The molecule has 0 aliphatic heterocycles. The Morgan fingerprint density at radius 2 is 1.81 bits per heavy atom. The number of benzene rings is 2. The first-order chi connectivity index (χ1) is 12.4. The minimum absolute atomic E-state index is 0.0699. The van der Waals surface area contributed by atoms with Crippen LogP contribution in [0.1, 0.15) is 18.1 Å². The van der Waals surface area contributed by atoms with Gasteiger partial charge in [0.15, 0.2) is 6.61 Å². The van der Waals surface area contributed by atoms with E-state index in [-0.39, 0.29) is 17.6 Å². The lowest BCUT2D eigenvalue weighted by atomic mass is 9.99. The highest BCUT2D eigenvalue weighted by Crippen LogP contribution is 2.17. The highest BCUT2D eigenvalue weighted by Gasteiger charge is 2.19. The Morgan fingerprint density at radius 1 is 1.15 bits per heavy atom. The molecule has 6 heteroatoms. The van der Waals surface area contributed by atoms with Crippen molar-refractivity contribution in [3.05, 3.63) is 65.5 Å². The number of amides is 1. The molecule has 0 fully saturated rings. The van der Waals surface area contributed by atoms with Crippen LogP contribution in [-0.2, 0) is 22.6 Å². The summed E-state index contributed by atoms with van der Waals surface area (Å²) in [6.45, 7) is 1.79. The van der Waals surface area contributed by atoms with E-state index in [9.17, 15) is 14.0 Å². The number of aliphatic carboxylic acids is 1. The lowest BCUT2D eigenvalue weighted by molar-refractivity contribution is -0.139. The Bertz CT molecular complexity index is 761. The molecule has 26 heavy (non-hydrogen) atoms. The monoisotopic (exact) mass is 359 g/mol. The Morgan fingerprint density at radius 3 is 2.42 bits per heavy atom. The molecule has 1 unspecified atom stereocenters. The summed E-state index contributed by atoms with van der Waals surface area (Å²) in [4.78, 5) is 24.6. The fourth-order valence-corrected chi connectivity index (χ4v) is 2.65. The molecular weight excluding hydrogens is 337 g/mol. The number of ether oxygens (including phenoxy) is 1. The topological polar surface area (TPSA) is 66.8 Å². The molecule has 1 amide bonds. The predicted molar refractivity (Wildman–Crippen MR) is 95.3 cm³/mol. The summed E-state index contributed by atoms with van der Waals surface area (Å²) in [7, 11) is 1.70. The van der Waals surface area contributed by atoms with Crippen molar-refractivity contribution in [1.29, 1.82) is 0 Å². The van der Waals surface area contributed by atoms with Crippen LogP contribution in [0, 0.1) is 11.7 Å². The molecule has 0 saturated heterocycles. The number of carboxylic acids is 1. The van der Waals surface area contributed by atoms with Gasteiger partial charge in [0.05, 0.1) is 0 Å². The Kier molecular flexibility index (Phi) is 6.72. The number of hydrogen-bond donors (Lipinski definition) is 1. The van der Waals surface area contributed by atoms with E-state index in [4.69, 9.17) is 9.84 Å². The molecule has 2 rings (SSSR count). The SMILES string of the molecule is CC(Cc1ccccc1F)C(=O)N(C)Cc1ccc(OCC(=O)O)cc1. The van der Waals surface area contributed by atoms with Crippen molar-refractivity contribution in [2.75, 3.05) is 13.7 Å². The van der Waals surface area contributed by atoms with E-state index in [1.165, 1.54) is 6.07 Å². The van der Waals surface area contributed by atoms with Crippen molar-refractivity contribution in [3.8, 4) is 5.75 Å². The number of carbonyl (C=O) groups is 2. The molecule has 1 N–H and O–H groups in total. The van der Waals surface area contributed by atoms with Gasteiger partial charge < -0.3 is 14.7 Å². The van der Waals surface area contributed by atoms with Gasteiger partial charge in [-0.05, 0) is 35.7 Å². The third kappa shape index (κ3) is 5.58. The molecule has 138 valence electrons. The largest absolute Gasteiger partial charge is 0.482 e. The zero-order valence-corrected chi connectivity index (χ0v) is 14.8. The molecule has 0 spiro atoms. The first kappa shape index (κ1) is 19.4. The summed E-state index contributed by atoms with van der Waals surface area (Å²) in [6, 6.07) is 13.4. The van der Waals surface area contributed by atoms with Crippen LogP contribution in [0.4, 0.5) is 4.39 Å². The van der Waals surface area contributed by atoms with Gasteiger partial charge >= 0.3 is 5.97 Å². The molecule has 2 aromatic rings. The third-order valence-electron chi connectivity index (χ3n) is 3.99. The highest BCUT2D eigenvalue weighted by atomic mass is 19.1. The first-order valence-corrected chi connectivity index (χ1v) is 8.28. The Labute approximate surface area is 152 Å². The fourth-order valence-electron chi connectivity index (χ4n) is 2.65. The van der Waals surface area contributed by atoms with Crippen molar-refractivity contribution in [1.82, 2.24) is 4.90 Å². The van der Waals surface area contributed by atoms with Gasteiger partial charge in [0.25, 0.3) is 0 Å². The average Bonchev–Trinajstić information content (AvgIpc) is 2.62. The van der Waals surface area contributed by atoms with E-state index in [1.54, 1.807) is 61.3 Å². The molecule has 2 aromatic carbocycles. The van der Waals surface area contributed by atoms with Crippen LogP contribution in [0.3, 0.4) is 0 Å². The maximum atomic E-state index is 13.7. The minimum atomic E-state index is -1.04. The predicted octanol–water partition coefficient (Wildman–Crippen LogP) is 3.13. The number of rotatable bonds is 8. The van der Waals surface area contributed by atoms with Gasteiger partial charge in [-0.3, -0.25) is 4.79 Å². The van der Waals surface area contributed by atoms with Crippen LogP contribution in [-0.4, -0.2) is 35.5 Å². The van der Waals surface area contributed by atoms with Crippen LogP contribution in [0.5, 0.6) is 5.75 Å². The number of hydrogen-bond acceptors (Lipinski definition) is 3. The summed E-state index contributed by atoms with van der Waals surface area (Å²) < 4.78 is 18.8. The van der Waals surface area contributed by atoms with Crippen LogP contribution in [0.15, 0.2) is 48.5 Å². The van der Waals surface area contributed by atoms with Crippen molar-refractivity contribution in [2.24, 2.45) is 5.92 Å².